The van der Waals surface area contributed by atoms with Gasteiger partial charge in [0.2, 0.25) is 0 Å². The number of carbonyl (C=O) groups is 1. The maximum Gasteiger partial charge on any atom is 0.176 e. The largest absolute Gasteiger partial charge is 0.390 e. The molecule has 0 spiro atoms. The Morgan fingerprint density at radius 2 is 2.00 bits per heavy atom. The smallest absolute Gasteiger partial charge is 0.176 e. The summed E-state index contributed by atoms with van der Waals surface area (Å²) in [4.78, 5) is 13.7. The van der Waals surface area contributed by atoms with E-state index in [4.69, 9.17) is 5.11 Å². The number of hydrogen-bond acceptors (Lipinski definition) is 3. The summed E-state index contributed by atoms with van der Waals surface area (Å²) in [7, 11) is 0. The third-order valence-electron chi connectivity index (χ3n) is 2.47. The normalized spacial score (nSPS) is 17.5. The fourth-order valence-corrected chi connectivity index (χ4v) is 1.87. The third kappa shape index (κ3) is 2.65. The fraction of sp³-hybridized carbons (Fsp3) is 0.364. The van der Waals surface area contributed by atoms with Crippen LogP contribution in [0.3, 0.4) is 0 Å². The first-order valence-corrected chi connectivity index (χ1v) is 5.63. The molecule has 0 unspecified atom stereocenters. The number of β-amino-alcohol motifs (C(OH)–C–C–N with tert-alkyl or cyclic N) is 1. The number of hydrogen-bond donors (Lipinski definition) is 1. The minimum Gasteiger partial charge on any atom is -0.390 e. The highest BCUT2D eigenvalue weighted by Crippen LogP contribution is 2.13. The van der Waals surface area contributed by atoms with Crippen LogP contribution >= 0.6 is 15.9 Å². The number of halogens is 1. The second kappa shape index (κ2) is 4.43. The quantitative estimate of drug-likeness (QED) is 0.842. The Hall–Kier alpha value is -0.710. The van der Waals surface area contributed by atoms with Crippen molar-refractivity contribution in [2.45, 2.75) is 6.10 Å². The van der Waals surface area contributed by atoms with Crippen LogP contribution in [0.15, 0.2) is 28.7 Å². The third-order valence-corrected chi connectivity index (χ3v) is 3.00. The van der Waals surface area contributed by atoms with E-state index in [2.05, 4.69) is 15.9 Å². The number of Topliss-reactive ketones (excluding diaryl/α,β-unsaturated/α-hetero) is 1. The number of ketones is 1. The van der Waals surface area contributed by atoms with Crippen molar-refractivity contribution in [2.24, 2.45) is 0 Å². The van der Waals surface area contributed by atoms with Gasteiger partial charge in [-0.15, -0.1) is 0 Å². The van der Waals surface area contributed by atoms with E-state index in [1.807, 2.05) is 29.2 Å². The molecule has 80 valence electrons. The lowest BCUT2D eigenvalue weighted by atomic mass is 10.1. The van der Waals surface area contributed by atoms with E-state index in [9.17, 15) is 4.79 Å². The first kappa shape index (κ1) is 10.8. The molecule has 1 heterocycles. The zero-order valence-electron chi connectivity index (χ0n) is 8.19. The average Bonchev–Trinajstić information content (AvgIpc) is 2.16. The van der Waals surface area contributed by atoms with Crippen LogP contribution in [0.4, 0.5) is 0 Å². The highest BCUT2D eigenvalue weighted by Gasteiger charge is 2.26. The number of rotatable bonds is 3. The summed E-state index contributed by atoms with van der Waals surface area (Å²) in [5.41, 5.74) is 0.722. The number of nitrogens with zero attached hydrogens (tertiary/aromatic N) is 1. The van der Waals surface area contributed by atoms with Gasteiger partial charge in [0.15, 0.2) is 5.78 Å². The number of benzene rings is 1. The van der Waals surface area contributed by atoms with Crippen LogP contribution in [0.1, 0.15) is 10.4 Å². The van der Waals surface area contributed by atoms with E-state index in [1.165, 1.54) is 0 Å². The molecule has 0 aromatic heterocycles. The summed E-state index contributed by atoms with van der Waals surface area (Å²) in [6.07, 6.45) is -0.247. The Morgan fingerprint density at radius 1 is 1.40 bits per heavy atom. The zero-order valence-corrected chi connectivity index (χ0v) is 9.77. The Morgan fingerprint density at radius 3 is 2.53 bits per heavy atom. The monoisotopic (exact) mass is 269 g/mol. The molecule has 0 atom stereocenters. The molecule has 0 bridgehead atoms. The predicted octanol–water partition coefficient (Wildman–Crippen LogP) is 1.31. The van der Waals surface area contributed by atoms with Gasteiger partial charge in [0.1, 0.15) is 0 Å². The van der Waals surface area contributed by atoms with Crippen molar-refractivity contribution in [2.75, 3.05) is 19.6 Å². The lowest BCUT2D eigenvalue weighted by Gasteiger charge is -2.35. The summed E-state index contributed by atoms with van der Waals surface area (Å²) < 4.78 is 0.971. The first-order chi connectivity index (χ1) is 7.15. The molecule has 1 aromatic rings. The van der Waals surface area contributed by atoms with E-state index < -0.39 is 0 Å². The minimum atomic E-state index is -0.247. The molecule has 0 radical (unpaired) electrons. The van der Waals surface area contributed by atoms with Gasteiger partial charge in [0.05, 0.1) is 12.6 Å². The second-order valence-electron chi connectivity index (χ2n) is 3.78. The van der Waals surface area contributed by atoms with Crippen LogP contribution in [0, 0.1) is 0 Å². The summed E-state index contributed by atoms with van der Waals surface area (Å²) in [6, 6.07) is 7.33. The summed E-state index contributed by atoms with van der Waals surface area (Å²) in [5, 5.41) is 9.08. The van der Waals surface area contributed by atoms with Gasteiger partial charge < -0.3 is 5.11 Å². The Kier molecular flexibility index (Phi) is 3.19. The molecule has 0 saturated carbocycles. The highest BCUT2D eigenvalue weighted by molar-refractivity contribution is 9.10. The van der Waals surface area contributed by atoms with Crippen molar-refractivity contribution < 1.29 is 9.90 Å². The predicted molar refractivity (Wildman–Crippen MR) is 60.9 cm³/mol. The van der Waals surface area contributed by atoms with Crippen molar-refractivity contribution >= 4 is 21.7 Å². The first-order valence-electron chi connectivity index (χ1n) is 4.84. The van der Waals surface area contributed by atoms with Crippen molar-refractivity contribution in [1.82, 2.24) is 4.90 Å². The highest BCUT2D eigenvalue weighted by atomic mass is 79.9. The summed E-state index contributed by atoms with van der Waals surface area (Å²) >= 11 is 3.32. The molecule has 1 aromatic carbocycles. The van der Waals surface area contributed by atoms with Gasteiger partial charge >= 0.3 is 0 Å². The lowest BCUT2D eigenvalue weighted by molar-refractivity contribution is 0.00515. The van der Waals surface area contributed by atoms with E-state index in [0.29, 0.717) is 19.6 Å². The van der Waals surface area contributed by atoms with E-state index in [1.54, 1.807) is 0 Å². The van der Waals surface area contributed by atoms with Gasteiger partial charge in [0.25, 0.3) is 0 Å². The number of likely N-dealkylation sites (tertiary alicyclic amines) is 1. The van der Waals surface area contributed by atoms with Gasteiger partial charge in [0, 0.05) is 23.1 Å². The standard InChI is InChI=1S/C11H12BrNO2/c12-9-3-1-8(2-4-9)11(15)7-13-5-10(14)6-13/h1-4,10,14H,5-7H2. The van der Waals surface area contributed by atoms with E-state index >= 15 is 0 Å². The van der Waals surface area contributed by atoms with Crippen molar-refractivity contribution in [3.63, 3.8) is 0 Å². The Balaban J connectivity index is 1.93. The molecule has 2 rings (SSSR count). The lowest BCUT2D eigenvalue weighted by Crippen LogP contribution is -2.52. The molecule has 15 heavy (non-hydrogen) atoms. The molecule has 0 aliphatic carbocycles. The van der Waals surface area contributed by atoms with Crippen LogP contribution in [-0.4, -0.2) is 41.5 Å². The summed E-state index contributed by atoms with van der Waals surface area (Å²) in [5.74, 6) is 0.106. The van der Waals surface area contributed by atoms with Gasteiger partial charge in [-0.25, -0.2) is 0 Å². The van der Waals surface area contributed by atoms with Gasteiger partial charge in [-0.1, -0.05) is 28.1 Å². The molecule has 1 N–H and O–H groups in total. The SMILES string of the molecule is O=C(CN1CC(O)C1)c1ccc(Br)cc1. The molecule has 1 aliphatic heterocycles. The van der Waals surface area contributed by atoms with Crippen molar-refractivity contribution in [3.05, 3.63) is 34.3 Å². The van der Waals surface area contributed by atoms with E-state index in [0.717, 1.165) is 10.0 Å². The van der Waals surface area contributed by atoms with Crippen LogP contribution < -0.4 is 0 Å². The van der Waals surface area contributed by atoms with Crippen LogP contribution in [-0.2, 0) is 0 Å². The number of carbonyl (C=O) groups excluding carboxylic acids is 1. The number of aliphatic hydroxyl groups is 1. The van der Waals surface area contributed by atoms with Crippen LogP contribution in [0.2, 0.25) is 0 Å². The molecule has 1 saturated heterocycles. The Labute approximate surface area is 96.8 Å². The molecule has 3 nitrogen and oxygen atoms in total. The van der Waals surface area contributed by atoms with Crippen LogP contribution in [0.5, 0.6) is 0 Å². The molecular formula is C11H12BrNO2. The fourth-order valence-electron chi connectivity index (χ4n) is 1.60. The number of aliphatic hydroxyl groups excluding tert-OH is 1. The van der Waals surface area contributed by atoms with Crippen molar-refractivity contribution in [1.29, 1.82) is 0 Å². The molecule has 1 fully saturated rings. The second-order valence-corrected chi connectivity index (χ2v) is 4.69. The topological polar surface area (TPSA) is 40.5 Å². The maximum absolute atomic E-state index is 11.7. The molecule has 4 heteroatoms. The zero-order chi connectivity index (χ0) is 10.8. The molecule has 1 aliphatic rings. The van der Waals surface area contributed by atoms with Gasteiger partial charge in [-0.3, -0.25) is 9.69 Å². The average molecular weight is 270 g/mol. The van der Waals surface area contributed by atoms with Crippen molar-refractivity contribution in [3.8, 4) is 0 Å². The Bertz CT molecular complexity index is 357. The molecular weight excluding hydrogens is 258 g/mol. The molecule has 0 amide bonds. The summed E-state index contributed by atoms with van der Waals surface area (Å²) in [6.45, 7) is 1.63. The minimum absolute atomic E-state index is 0.106. The van der Waals surface area contributed by atoms with Crippen LogP contribution in [0.25, 0.3) is 0 Å². The van der Waals surface area contributed by atoms with E-state index in [-0.39, 0.29) is 11.9 Å². The van der Waals surface area contributed by atoms with Gasteiger partial charge in [-0.05, 0) is 12.1 Å². The maximum atomic E-state index is 11.7. The van der Waals surface area contributed by atoms with Gasteiger partial charge in [-0.2, -0.15) is 0 Å².